The van der Waals surface area contributed by atoms with Gasteiger partial charge in [0, 0.05) is 17.8 Å². The molecule has 1 aliphatic rings. The van der Waals surface area contributed by atoms with Gasteiger partial charge in [-0.1, -0.05) is 12.1 Å². The fraction of sp³-hybridized carbons (Fsp3) is 0.286. The lowest BCUT2D eigenvalue weighted by Crippen LogP contribution is -2.02. The maximum atomic E-state index is 11.3. The Hall–Kier alpha value is -2.30. The van der Waals surface area contributed by atoms with Crippen LogP contribution in [-0.4, -0.2) is 28.0 Å². The number of hydrogen-bond donors (Lipinski definition) is 1. The number of ether oxygens (including phenoxy) is 1. The maximum Gasteiger partial charge on any atom is 0.357 e. The molecular weight excluding hydrogens is 244 g/mol. The van der Waals surface area contributed by atoms with Crippen LogP contribution in [-0.2, 0) is 13.0 Å². The summed E-state index contributed by atoms with van der Waals surface area (Å²) in [6.07, 6.45) is 1.90. The minimum Gasteiger partial charge on any atom is -0.497 e. The van der Waals surface area contributed by atoms with Crippen molar-refractivity contribution >= 4 is 5.97 Å². The summed E-state index contributed by atoms with van der Waals surface area (Å²) in [5, 5.41) is 13.5. The Labute approximate surface area is 110 Å². The summed E-state index contributed by atoms with van der Waals surface area (Å²) in [5.74, 6) is -0.225. The molecule has 0 radical (unpaired) electrons. The first kappa shape index (κ1) is 11.8. The van der Waals surface area contributed by atoms with Gasteiger partial charge in [-0.3, -0.25) is 4.68 Å². The van der Waals surface area contributed by atoms with Crippen LogP contribution in [0, 0.1) is 0 Å². The highest BCUT2D eigenvalue weighted by molar-refractivity contribution is 5.95. The third-order valence-electron chi connectivity index (χ3n) is 3.42. The summed E-state index contributed by atoms with van der Waals surface area (Å²) in [6, 6.07) is 7.42. The summed E-state index contributed by atoms with van der Waals surface area (Å²) in [4.78, 5) is 11.3. The van der Waals surface area contributed by atoms with E-state index >= 15 is 0 Å². The molecule has 0 spiro atoms. The molecule has 3 rings (SSSR count). The molecule has 1 aromatic carbocycles. The van der Waals surface area contributed by atoms with E-state index < -0.39 is 5.97 Å². The highest BCUT2D eigenvalue weighted by Gasteiger charge is 2.26. The largest absolute Gasteiger partial charge is 0.497 e. The van der Waals surface area contributed by atoms with E-state index in [0.29, 0.717) is 0 Å². The first-order chi connectivity index (χ1) is 9.20. The van der Waals surface area contributed by atoms with Crippen molar-refractivity contribution in [3.8, 4) is 16.9 Å². The van der Waals surface area contributed by atoms with E-state index in [-0.39, 0.29) is 5.69 Å². The predicted molar refractivity (Wildman–Crippen MR) is 69.5 cm³/mol. The molecule has 1 N–H and O–H groups in total. The summed E-state index contributed by atoms with van der Waals surface area (Å²) in [7, 11) is 1.61. The Morgan fingerprint density at radius 3 is 2.74 bits per heavy atom. The van der Waals surface area contributed by atoms with Crippen LogP contribution in [0.3, 0.4) is 0 Å². The molecule has 0 fully saturated rings. The van der Waals surface area contributed by atoms with Crippen molar-refractivity contribution in [2.45, 2.75) is 19.4 Å². The second-order valence-corrected chi connectivity index (χ2v) is 4.53. The molecular formula is C14H14N2O3. The fourth-order valence-electron chi connectivity index (χ4n) is 2.54. The number of carboxylic acids is 1. The van der Waals surface area contributed by atoms with Gasteiger partial charge in [-0.05, 0) is 30.5 Å². The number of fused-ring (bicyclic) bond motifs is 1. The highest BCUT2D eigenvalue weighted by Crippen LogP contribution is 2.32. The quantitative estimate of drug-likeness (QED) is 0.916. The third-order valence-corrected chi connectivity index (χ3v) is 3.42. The van der Waals surface area contributed by atoms with Crippen LogP contribution in [0.25, 0.3) is 11.1 Å². The van der Waals surface area contributed by atoms with Crippen LogP contribution in [0.15, 0.2) is 24.3 Å². The molecule has 0 bridgehead atoms. The lowest BCUT2D eigenvalue weighted by atomic mass is 10.0. The SMILES string of the molecule is COc1ccc(-c2c(C(=O)O)nn3c2CCC3)cc1. The summed E-state index contributed by atoms with van der Waals surface area (Å²) in [5.41, 5.74) is 2.77. The van der Waals surface area contributed by atoms with E-state index in [1.807, 2.05) is 28.9 Å². The van der Waals surface area contributed by atoms with E-state index in [2.05, 4.69) is 5.10 Å². The average molecular weight is 258 g/mol. The minimum absolute atomic E-state index is 0.139. The van der Waals surface area contributed by atoms with E-state index in [0.717, 1.165) is 42.0 Å². The standard InChI is InChI=1S/C14H14N2O3/c1-19-10-6-4-9(5-7-10)12-11-3-2-8-16(11)15-13(12)14(17)18/h4-7H,2-3,8H2,1H3,(H,17,18). The second-order valence-electron chi connectivity index (χ2n) is 4.53. The van der Waals surface area contributed by atoms with Gasteiger partial charge < -0.3 is 9.84 Å². The predicted octanol–water partition coefficient (Wildman–Crippen LogP) is 2.20. The summed E-state index contributed by atoms with van der Waals surface area (Å²) >= 11 is 0. The molecule has 1 aliphatic heterocycles. The molecule has 5 heteroatoms. The smallest absolute Gasteiger partial charge is 0.357 e. The number of aryl methyl sites for hydroxylation is 1. The molecule has 0 saturated carbocycles. The first-order valence-corrected chi connectivity index (χ1v) is 6.18. The maximum absolute atomic E-state index is 11.3. The Balaban J connectivity index is 2.14. The van der Waals surface area contributed by atoms with Crippen LogP contribution < -0.4 is 4.74 Å². The molecule has 2 heterocycles. The number of nitrogens with zero attached hydrogens (tertiary/aromatic N) is 2. The highest BCUT2D eigenvalue weighted by atomic mass is 16.5. The van der Waals surface area contributed by atoms with Crippen molar-refractivity contribution in [2.75, 3.05) is 7.11 Å². The van der Waals surface area contributed by atoms with Crippen molar-refractivity contribution in [1.82, 2.24) is 9.78 Å². The number of aromatic carboxylic acids is 1. The Morgan fingerprint density at radius 2 is 2.11 bits per heavy atom. The van der Waals surface area contributed by atoms with Crippen molar-refractivity contribution in [3.63, 3.8) is 0 Å². The number of carbonyl (C=O) groups is 1. The number of hydrogen-bond acceptors (Lipinski definition) is 3. The zero-order valence-corrected chi connectivity index (χ0v) is 10.6. The minimum atomic E-state index is -0.979. The molecule has 0 atom stereocenters. The van der Waals surface area contributed by atoms with Gasteiger partial charge in [-0.15, -0.1) is 0 Å². The molecule has 0 unspecified atom stereocenters. The monoisotopic (exact) mass is 258 g/mol. The third kappa shape index (κ3) is 1.87. The fourth-order valence-corrected chi connectivity index (χ4v) is 2.54. The normalized spacial score (nSPS) is 13.3. The van der Waals surface area contributed by atoms with Gasteiger partial charge in [-0.25, -0.2) is 4.79 Å². The van der Waals surface area contributed by atoms with Gasteiger partial charge in [0.1, 0.15) is 5.75 Å². The molecule has 5 nitrogen and oxygen atoms in total. The van der Waals surface area contributed by atoms with E-state index in [1.54, 1.807) is 7.11 Å². The molecule has 0 aliphatic carbocycles. The van der Waals surface area contributed by atoms with Gasteiger partial charge in [0.15, 0.2) is 5.69 Å². The Kier molecular flexibility index (Phi) is 2.74. The summed E-state index contributed by atoms with van der Waals surface area (Å²) in [6.45, 7) is 0.797. The lowest BCUT2D eigenvalue weighted by molar-refractivity contribution is 0.0690. The van der Waals surface area contributed by atoms with Gasteiger partial charge in [0.25, 0.3) is 0 Å². The van der Waals surface area contributed by atoms with Crippen LogP contribution in [0.4, 0.5) is 0 Å². The number of aromatic nitrogens is 2. The van der Waals surface area contributed by atoms with Crippen LogP contribution in [0.5, 0.6) is 5.75 Å². The number of carboxylic acid groups (broad SMARTS) is 1. The van der Waals surface area contributed by atoms with Gasteiger partial charge in [0.05, 0.1) is 7.11 Å². The molecule has 98 valence electrons. The van der Waals surface area contributed by atoms with E-state index in [9.17, 15) is 9.90 Å². The molecule has 1 aromatic heterocycles. The lowest BCUT2D eigenvalue weighted by Gasteiger charge is -2.04. The molecule has 2 aromatic rings. The molecule has 0 amide bonds. The number of benzene rings is 1. The first-order valence-electron chi connectivity index (χ1n) is 6.18. The second kappa shape index (κ2) is 4.42. The van der Waals surface area contributed by atoms with Crippen LogP contribution >= 0.6 is 0 Å². The van der Waals surface area contributed by atoms with Gasteiger partial charge in [0.2, 0.25) is 0 Å². The summed E-state index contributed by atoms with van der Waals surface area (Å²) < 4.78 is 6.93. The van der Waals surface area contributed by atoms with Crippen molar-refractivity contribution in [3.05, 3.63) is 35.7 Å². The topological polar surface area (TPSA) is 64.3 Å². The van der Waals surface area contributed by atoms with Gasteiger partial charge in [-0.2, -0.15) is 5.10 Å². The average Bonchev–Trinajstić information content (AvgIpc) is 2.98. The van der Waals surface area contributed by atoms with Gasteiger partial charge >= 0.3 is 5.97 Å². The van der Waals surface area contributed by atoms with E-state index in [1.165, 1.54) is 0 Å². The van der Waals surface area contributed by atoms with Crippen LogP contribution in [0.1, 0.15) is 22.6 Å². The zero-order chi connectivity index (χ0) is 13.4. The van der Waals surface area contributed by atoms with Crippen molar-refractivity contribution in [2.24, 2.45) is 0 Å². The van der Waals surface area contributed by atoms with Crippen LogP contribution in [0.2, 0.25) is 0 Å². The van der Waals surface area contributed by atoms with Crippen molar-refractivity contribution in [1.29, 1.82) is 0 Å². The Morgan fingerprint density at radius 1 is 1.37 bits per heavy atom. The molecule has 19 heavy (non-hydrogen) atoms. The number of rotatable bonds is 3. The zero-order valence-electron chi connectivity index (χ0n) is 10.6. The number of methoxy groups -OCH3 is 1. The molecule has 0 saturated heterocycles. The van der Waals surface area contributed by atoms with Crippen molar-refractivity contribution < 1.29 is 14.6 Å². The Bertz CT molecular complexity index is 629. The van der Waals surface area contributed by atoms with E-state index in [4.69, 9.17) is 4.74 Å².